The van der Waals surface area contributed by atoms with Crippen molar-refractivity contribution in [2.45, 2.75) is 39.7 Å². The monoisotopic (exact) mass is 317 g/mol. The van der Waals surface area contributed by atoms with Gasteiger partial charge in [-0.3, -0.25) is 9.69 Å². The first-order valence-corrected chi connectivity index (χ1v) is 8.93. The first-order chi connectivity index (χ1) is 11.1. The van der Waals surface area contributed by atoms with Crippen LogP contribution in [0.2, 0.25) is 0 Å². The summed E-state index contributed by atoms with van der Waals surface area (Å²) < 4.78 is 0. The number of carbonyl (C=O) groups is 1. The van der Waals surface area contributed by atoms with Crippen molar-refractivity contribution in [3.8, 4) is 0 Å². The zero-order valence-electron chi connectivity index (χ0n) is 14.8. The Balaban J connectivity index is 1.67. The van der Waals surface area contributed by atoms with Gasteiger partial charge in [0.25, 0.3) is 0 Å². The fourth-order valence-electron chi connectivity index (χ4n) is 2.89. The van der Waals surface area contributed by atoms with Crippen molar-refractivity contribution in [2.24, 2.45) is 5.92 Å². The summed E-state index contributed by atoms with van der Waals surface area (Å²) in [5.74, 6) is 0.306. The predicted molar refractivity (Wildman–Crippen MR) is 96.8 cm³/mol. The fraction of sp³-hybridized carbons (Fsp3) is 0.632. The Morgan fingerprint density at radius 3 is 2.39 bits per heavy atom. The van der Waals surface area contributed by atoms with Crippen LogP contribution in [0.5, 0.6) is 0 Å². The second kappa shape index (κ2) is 8.92. The first-order valence-electron chi connectivity index (χ1n) is 8.93. The van der Waals surface area contributed by atoms with Crippen LogP contribution < -0.4 is 10.2 Å². The minimum atomic E-state index is 0.117. The Bertz CT molecular complexity index is 469. The van der Waals surface area contributed by atoms with Crippen LogP contribution >= 0.6 is 0 Å². The largest absolute Gasteiger partial charge is 0.369 e. The molecule has 1 amide bonds. The van der Waals surface area contributed by atoms with Crippen LogP contribution in [0.1, 0.15) is 33.6 Å². The summed E-state index contributed by atoms with van der Waals surface area (Å²) in [5.41, 5.74) is 1.32. The van der Waals surface area contributed by atoms with Gasteiger partial charge in [0.15, 0.2) is 0 Å². The molecule has 2 atom stereocenters. The number of anilines is 1. The fourth-order valence-corrected chi connectivity index (χ4v) is 2.89. The van der Waals surface area contributed by atoms with E-state index in [0.717, 1.165) is 45.6 Å². The molecule has 0 spiro atoms. The number of nitrogens with one attached hydrogen (secondary N) is 1. The highest BCUT2D eigenvalue weighted by Crippen LogP contribution is 2.15. The number of para-hydroxylation sites is 1. The minimum absolute atomic E-state index is 0.117. The topological polar surface area (TPSA) is 35.6 Å². The molecule has 1 fully saturated rings. The van der Waals surface area contributed by atoms with Crippen LogP contribution in [-0.4, -0.2) is 49.6 Å². The number of carbonyl (C=O) groups excluding carboxylic acids is 1. The Labute approximate surface area is 140 Å². The summed E-state index contributed by atoms with van der Waals surface area (Å²) in [4.78, 5) is 16.9. The van der Waals surface area contributed by atoms with E-state index < -0.39 is 0 Å². The van der Waals surface area contributed by atoms with Crippen molar-refractivity contribution in [1.29, 1.82) is 0 Å². The van der Waals surface area contributed by atoms with Crippen LogP contribution in [0.3, 0.4) is 0 Å². The maximum Gasteiger partial charge on any atom is 0.223 e. The molecule has 2 unspecified atom stereocenters. The standard InChI is InChI=1S/C19H31N3O/c1-4-16(2)19(23)20-17(3)10-11-21-12-14-22(15-13-21)18-8-6-5-7-9-18/h5-9,16-17H,4,10-15H2,1-3H3,(H,20,23). The van der Waals surface area contributed by atoms with Gasteiger partial charge in [-0.2, -0.15) is 0 Å². The number of hydrogen-bond donors (Lipinski definition) is 1. The third-order valence-corrected chi connectivity index (χ3v) is 4.82. The first kappa shape index (κ1) is 17.8. The normalized spacial score (nSPS) is 18.5. The minimum Gasteiger partial charge on any atom is -0.369 e. The van der Waals surface area contributed by atoms with E-state index in [-0.39, 0.29) is 17.9 Å². The van der Waals surface area contributed by atoms with E-state index in [1.165, 1.54) is 5.69 Å². The third-order valence-electron chi connectivity index (χ3n) is 4.82. The maximum atomic E-state index is 11.9. The highest BCUT2D eigenvalue weighted by atomic mass is 16.1. The molecule has 1 N–H and O–H groups in total. The number of amides is 1. The molecule has 0 aromatic heterocycles. The van der Waals surface area contributed by atoms with Crippen LogP contribution in [0.25, 0.3) is 0 Å². The number of hydrogen-bond acceptors (Lipinski definition) is 3. The number of piperazine rings is 1. The lowest BCUT2D eigenvalue weighted by atomic mass is 10.1. The van der Waals surface area contributed by atoms with Gasteiger partial charge in [0.1, 0.15) is 0 Å². The van der Waals surface area contributed by atoms with E-state index in [9.17, 15) is 4.79 Å². The molecule has 1 aliphatic rings. The summed E-state index contributed by atoms with van der Waals surface area (Å²) in [5, 5.41) is 3.13. The Hall–Kier alpha value is -1.55. The molecule has 4 heteroatoms. The summed E-state index contributed by atoms with van der Waals surface area (Å²) in [6.45, 7) is 11.6. The van der Waals surface area contributed by atoms with E-state index in [1.807, 2.05) is 6.92 Å². The van der Waals surface area contributed by atoms with E-state index in [0.29, 0.717) is 0 Å². The van der Waals surface area contributed by atoms with Crippen molar-refractivity contribution in [3.05, 3.63) is 30.3 Å². The molecule has 1 aliphatic heterocycles. The molecular formula is C19H31N3O. The van der Waals surface area contributed by atoms with Gasteiger partial charge in [0.2, 0.25) is 5.91 Å². The number of benzene rings is 1. The highest BCUT2D eigenvalue weighted by molar-refractivity contribution is 5.78. The summed E-state index contributed by atoms with van der Waals surface area (Å²) in [6.07, 6.45) is 1.92. The van der Waals surface area contributed by atoms with E-state index in [2.05, 4.69) is 59.3 Å². The average molecular weight is 317 g/mol. The van der Waals surface area contributed by atoms with Crippen molar-refractivity contribution in [2.75, 3.05) is 37.6 Å². The molecule has 4 nitrogen and oxygen atoms in total. The zero-order valence-corrected chi connectivity index (χ0v) is 14.8. The maximum absolute atomic E-state index is 11.9. The van der Waals surface area contributed by atoms with Crippen molar-refractivity contribution < 1.29 is 4.79 Å². The van der Waals surface area contributed by atoms with E-state index >= 15 is 0 Å². The molecule has 0 saturated carbocycles. The second-order valence-electron chi connectivity index (χ2n) is 6.67. The lowest BCUT2D eigenvalue weighted by Gasteiger charge is -2.36. The average Bonchev–Trinajstić information content (AvgIpc) is 2.60. The van der Waals surface area contributed by atoms with Gasteiger partial charge in [-0.05, 0) is 31.9 Å². The van der Waals surface area contributed by atoms with Crippen LogP contribution in [0.4, 0.5) is 5.69 Å². The van der Waals surface area contributed by atoms with Crippen LogP contribution in [0, 0.1) is 5.92 Å². The quantitative estimate of drug-likeness (QED) is 0.840. The van der Waals surface area contributed by atoms with Crippen molar-refractivity contribution in [1.82, 2.24) is 10.2 Å². The summed E-state index contributed by atoms with van der Waals surface area (Å²) in [7, 11) is 0. The number of rotatable bonds is 7. The van der Waals surface area contributed by atoms with Gasteiger partial charge in [-0.1, -0.05) is 32.0 Å². The molecule has 0 radical (unpaired) electrons. The SMILES string of the molecule is CCC(C)C(=O)NC(C)CCN1CCN(c2ccccc2)CC1. The van der Waals surface area contributed by atoms with E-state index in [1.54, 1.807) is 0 Å². The van der Waals surface area contributed by atoms with Gasteiger partial charge in [-0.15, -0.1) is 0 Å². The van der Waals surface area contributed by atoms with Gasteiger partial charge < -0.3 is 10.2 Å². The summed E-state index contributed by atoms with van der Waals surface area (Å²) >= 11 is 0. The lowest BCUT2D eigenvalue weighted by molar-refractivity contribution is -0.125. The molecule has 1 aromatic carbocycles. The van der Waals surface area contributed by atoms with Gasteiger partial charge in [-0.25, -0.2) is 0 Å². The zero-order chi connectivity index (χ0) is 16.7. The lowest BCUT2D eigenvalue weighted by Crippen LogP contribution is -2.47. The molecule has 128 valence electrons. The van der Waals surface area contributed by atoms with Gasteiger partial charge >= 0.3 is 0 Å². The van der Waals surface area contributed by atoms with Crippen molar-refractivity contribution in [3.63, 3.8) is 0 Å². The van der Waals surface area contributed by atoms with Crippen LogP contribution in [0.15, 0.2) is 30.3 Å². The predicted octanol–water partition coefficient (Wildman–Crippen LogP) is 2.75. The summed E-state index contributed by atoms with van der Waals surface area (Å²) in [6, 6.07) is 10.9. The van der Waals surface area contributed by atoms with Crippen molar-refractivity contribution >= 4 is 11.6 Å². The molecule has 1 aromatic rings. The van der Waals surface area contributed by atoms with Crippen LogP contribution in [-0.2, 0) is 4.79 Å². The third kappa shape index (κ3) is 5.54. The Kier molecular flexibility index (Phi) is 6.90. The second-order valence-corrected chi connectivity index (χ2v) is 6.67. The molecule has 0 aliphatic carbocycles. The van der Waals surface area contributed by atoms with Gasteiger partial charge in [0.05, 0.1) is 0 Å². The smallest absolute Gasteiger partial charge is 0.223 e. The molecule has 0 bridgehead atoms. The molecular weight excluding hydrogens is 286 g/mol. The molecule has 1 heterocycles. The molecule has 23 heavy (non-hydrogen) atoms. The molecule has 1 saturated heterocycles. The Morgan fingerprint density at radius 1 is 1.13 bits per heavy atom. The molecule has 2 rings (SSSR count). The van der Waals surface area contributed by atoms with Gasteiger partial charge in [0, 0.05) is 50.4 Å². The van der Waals surface area contributed by atoms with E-state index in [4.69, 9.17) is 0 Å². The Morgan fingerprint density at radius 2 is 1.78 bits per heavy atom. The highest BCUT2D eigenvalue weighted by Gasteiger charge is 2.18. The number of nitrogens with zero attached hydrogens (tertiary/aromatic N) is 2.